The Morgan fingerprint density at radius 1 is 1.75 bits per heavy atom. The third-order valence-corrected chi connectivity index (χ3v) is 1.96. The zero-order chi connectivity index (χ0) is 9.14. The first-order valence-corrected chi connectivity index (χ1v) is 4.08. The SMILES string of the molecule is Cc1ccnc(Br)c1NC(N)=O. The lowest BCUT2D eigenvalue weighted by Gasteiger charge is -2.06. The number of pyridine rings is 1. The summed E-state index contributed by atoms with van der Waals surface area (Å²) in [5.41, 5.74) is 6.49. The number of aromatic nitrogens is 1. The highest BCUT2D eigenvalue weighted by atomic mass is 79.9. The summed E-state index contributed by atoms with van der Waals surface area (Å²) in [6.45, 7) is 1.86. The molecule has 4 nitrogen and oxygen atoms in total. The first-order chi connectivity index (χ1) is 5.61. The normalized spacial score (nSPS) is 9.50. The number of rotatable bonds is 1. The van der Waals surface area contributed by atoms with Gasteiger partial charge in [-0.25, -0.2) is 9.78 Å². The first-order valence-electron chi connectivity index (χ1n) is 3.29. The van der Waals surface area contributed by atoms with Crippen LogP contribution in [0.4, 0.5) is 10.5 Å². The predicted molar refractivity (Wildman–Crippen MR) is 49.9 cm³/mol. The molecule has 5 heteroatoms. The van der Waals surface area contributed by atoms with Crippen LogP contribution < -0.4 is 11.1 Å². The van der Waals surface area contributed by atoms with Gasteiger partial charge < -0.3 is 11.1 Å². The van der Waals surface area contributed by atoms with Gasteiger partial charge in [-0.15, -0.1) is 0 Å². The van der Waals surface area contributed by atoms with Crippen molar-refractivity contribution in [3.05, 3.63) is 22.4 Å². The zero-order valence-electron chi connectivity index (χ0n) is 6.47. The Morgan fingerprint density at radius 3 is 2.92 bits per heavy atom. The van der Waals surface area contributed by atoms with Crippen molar-refractivity contribution >= 4 is 27.6 Å². The van der Waals surface area contributed by atoms with Crippen LogP contribution in [-0.4, -0.2) is 11.0 Å². The fraction of sp³-hybridized carbons (Fsp3) is 0.143. The maximum Gasteiger partial charge on any atom is 0.316 e. The van der Waals surface area contributed by atoms with Gasteiger partial charge in [-0.1, -0.05) is 0 Å². The van der Waals surface area contributed by atoms with E-state index in [2.05, 4.69) is 26.2 Å². The number of nitrogens with zero attached hydrogens (tertiary/aromatic N) is 1. The van der Waals surface area contributed by atoms with E-state index < -0.39 is 6.03 Å². The second-order valence-electron chi connectivity index (χ2n) is 2.28. The summed E-state index contributed by atoms with van der Waals surface area (Å²) in [4.78, 5) is 14.5. The van der Waals surface area contributed by atoms with Gasteiger partial charge in [0.1, 0.15) is 4.60 Å². The van der Waals surface area contributed by atoms with E-state index in [4.69, 9.17) is 5.73 Å². The van der Waals surface area contributed by atoms with Gasteiger partial charge in [-0.05, 0) is 34.5 Å². The number of amides is 2. The minimum atomic E-state index is -0.591. The Morgan fingerprint density at radius 2 is 2.42 bits per heavy atom. The summed E-state index contributed by atoms with van der Waals surface area (Å²) in [7, 11) is 0. The van der Waals surface area contributed by atoms with E-state index in [0.29, 0.717) is 10.3 Å². The van der Waals surface area contributed by atoms with E-state index in [0.717, 1.165) is 5.56 Å². The number of carbonyl (C=O) groups is 1. The van der Waals surface area contributed by atoms with Crippen LogP contribution >= 0.6 is 15.9 Å². The van der Waals surface area contributed by atoms with E-state index in [1.165, 1.54) is 0 Å². The topological polar surface area (TPSA) is 68.0 Å². The van der Waals surface area contributed by atoms with Crippen molar-refractivity contribution in [1.29, 1.82) is 0 Å². The van der Waals surface area contributed by atoms with Crippen LogP contribution in [0.2, 0.25) is 0 Å². The largest absolute Gasteiger partial charge is 0.351 e. The Labute approximate surface area is 78.3 Å². The minimum Gasteiger partial charge on any atom is -0.351 e. The van der Waals surface area contributed by atoms with Crippen molar-refractivity contribution in [3.8, 4) is 0 Å². The van der Waals surface area contributed by atoms with Crippen LogP contribution in [0.15, 0.2) is 16.9 Å². The van der Waals surface area contributed by atoms with Crippen LogP contribution in [0.5, 0.6) is 0 Å². The van der Waals surface area contributed by atoms with E-state index in [1.54, 1.807) is 12.3 Å². The van der Waals surface area contributed by atoms with Crippen molar-refractivity contribution in [1.82, 2.24) is 4.98 Å². The van der Waals surface area contributed by atoms with Crippen molar-refractivity contribution in [3.63, 3.8) is 0 Å². The van der Waals surface area contributed by atoms with E-state index in [1.807, 2.05) is 6.92 Å². The van der Waals surface area contributed by atoms with Gasteiger partial charge in [0.25, 0.3) is 0 Å². The van der Waals surface area contributed by atoms with E-state index in [-0.39, 0.29) is 0 Å². The van der Waals surface area contributed by atoms with Gasteiger partial charge in [0, 0.05) is 6.20 Å². The fourth-order valence-corrected chi connectivity index (χ4v) is 1.33. The molecule has 0 aliphatic carbocycles. The van der Waals surface area contributed by atoms with Gasteiger partial charge in [-0.2, -0.15) is 0 Å². The summed E-state index contributed by atoms with van der Waals surface area (Å²) in [5.74, 6) is 0. The highest BCUT2D eigenvalue weighted by Gasteiger charge is 2.05. The Hall–Kier alpha value is -1.10. The Balaban J connectivity index is 3.04. The molecule has 0 atom stereocenters. The average Bonchev–Trinajstić information content (AvgIpc) is 1.97. The number of halogens is 1. The molecule has 64 valence electrons. The fourth-order valence-electron chi connectivity index (χ4n) is 0.798. The van der Waals surface area contributed by atoms with Gasteiger partial charge in [-0.3, -0.25) is 0 Å². The molecule has 0 saturated heterocycles. The van der Waals surface area contributed by atoms with Crippen LogP contribution in [0.1, 0.15) is 5.56 Å². The Bertz CT molecular complexity index is 293. The maximum absolute atomic E-state index is 10.5. The molecule has 0 radical (unpaired) electrons. The van der Waals surface area contributed by atoms with Crippen LogP contribution in [-0.2, 0) is 0 Å². The molecule has 0 saturated carbocycles. The molecule has 1 aromatic heterocycles. The monoisotopic (exact) mass is 229 g/mol. The lowest BCUT2D eigenvalue weighted by molar-refractivity contribution is 0.259. The second-order valence-corrected chi connectivity index (χ2v) is 3.03. The number of aryl methyl sites for hydroxylation is 1. The molecule has 0 aromatic carbocycles. The van der Waals surface area contributed by atoms with Gasteiger partial charge >= 0.3 is 6.03 Å². The van der Waals surface area contributed by atoms with Crippen molar-refractivity contribution in [2.45, 2.75) is 6.92 Å². The lowest BCUT2D eigenvalue weighted by atomic mass is 10.2. The molecule has 1 rings (SSSR count). The number of hydrogen-bond acceptors (Lipinski definition) is 2. The number of hydrogen-bond donors (Lipinski definition) is 2. The molecule has 0 bridgehead atoms. The standard InChI is InChI=1S/C7H8BrN3O/c1-4-2-3-10-6(8)5(4)11-7(9)12/h2-3H,1H3,(H3,9,11,12). The molecular formula is C7H8BrN3O. The van der Waals surface area contributed by atoms with Gasteiger partial charge in [0.05, 0.1) is 5.69 Å². The average molecular weight is 230 g/mol. The lowest BCUT2D eigenvalue weighted by Crippen LogP contribution is -2.20. The maximum atomic E-state index is 10.5. The molecular weight excluding hydrogens is 222 g/mol. The van der Waals surface area contributed by atoms with Crippen LogP contribution in [0.3, 0.4) is 0 Å². The molecule has 0 unspecified atom stereocenters. The predicted octanol–water partition coefficient (Wildman–Crippen LogP) is 1.64. The minimum absolute atomic E-state index is 0.585. The molecule has 3 N–H and O–H groups in total. The Kier molecular flexibility index (Phi) is 2.65. The van der Waals surface area contributed by atoms with E-state index >= 15 is 0 Å². The summed E-state index contributed by atoms with van der Waals surface area (Å²) in [5, 5.41) is 2.47. The number of nitrogens with one attached hydrogen (secondary N) is 1. The summed E-state index contributed by atoms with van der Waals surface area (Å²) < 4.78 is 0.585. The van der Waals surface area contributed by atoms with Crippen molar-refractivity contribution < 1.29 is 4.79 Å². The zero-order valence-corrected chi connectivity index (χ0v) is 8.05. The number of primary amides is 1. The molecule has 1 aromatic rings. The molecule has 1 heterocycles. The highest BCUT2D eigenvalue weighted by Crippen LogP contribution is 2.22. The molecule has 0 spiro atoms. The molecule has 12 heavy (non-hydrogen) atoms. The van der Waals surface area contributed by atoms with Gasteiger partial charge in [0.15, 0.2) is 0 Å². The van der Waals surface area contributed by atoms with Crippen LogP contribution in [0.25, 0.3) is 0 Å². The molecule has 0 fully saturated rings. The third-order valence-electron chi connectivity index (χ3n) is 1.36. The number of urea groups is 1. The smallest absolute Gasteiger partial charge is 0.316 e. The molecule has 0 aliphatic rings. The first kappa shape index (κ1) is 8.99. The number of anilines is 1. The summed E-state index contributed by atoms with van der Waals surface area (Å²) in [6.07, 6.45) is 1.64. The summed E-state index contributed by atoms with van der Waals surface area (Å²) in [6, 6.07) is 1.20. The van der Waals surface area contributed by atoms with Crippen molar-refractivity contribution in [2.24, 2.45) is 5.73 Å². The van der Waals surface area contributed by atoms with Gasteiger partial charge in [0.2, 0.25) is 0 Å². The third kappa shape index (κ3) is 1.94. The van der Waals surface area contributed by atoms with Crippen LogP contribution in [0, 0.1) is 6.92 Å². The number of nitrogens with two attached hydrogens (primary N) is 1. The molecule has 2 amide bonds. The quantitative estimate of drug-likeness (QED) is 0.720. The highest BCUT2D eigenvalue weighted by molar-refractivity contribution is 9.10. The number of carbonyl (C=O) groups excluding carboxylic acids is 1. The second kappa shape index (κ2) is 3.53. The van der Waals surface area contributed by atoms with Crippen molar-refractivity contribution in [2.75, 3.05) is 5.32 Å². The summed E-state index contributed by atoms with van der Waals surface area (Å²) >= 11 is 3.19. The molecule has 0 aliphatic heterocycles. The van der Waals surface area contributed by atoms with E-state index in [9.17, 15) is 4.79 Å².